The molecule has 0 N–H and O–H groups in total. The number of nitrogens with zero attached hydrogens (tertiary/aromatic N) is 1. The number of hydrogen-bond donors (Lipinski definition) is 0. The molecule has 0 saturated carbocycles. The first-order valence-corrected chi connectivity index (χ1v) is 5.51. The van der Waals surface area contributed by atoms with Gasteiger partial charge in [0.15, 0.2) is 0 Å². The predicted molar refractivity (Wildman–Crippen MR) is 62.2 cm³/mol. The molecule has 0 aromatic heterocycles. The summed E-state index contributed by atoms with van der Waals surface area (Å²) in [6, 6.07) is 8.52. The largest absolute Gasteiger partial charge is 0.370 e. The van der Waals surface area contributed by atoms with E-state index in [9.17, 15) is 4.79 Å². The van der Waals surface area contributed by atoms with Crippen LogP contribution in [0.2, 0.25) is 0 Å². The molecule has 1 unspecified atom stereocenters. The van der Waals surface area contributed by atoms with Crippen molar-refractivity contribution in [2.24, 2.45) is 5.92 Å². The minimum Gasteiger partial charge on any atom is -0.370 e. The normalized spacial score (nSPS) is 21.9. The Morgan fingerprint density at radius 1 is 1.27 bits per heavy atom. The van der Waals surface area contributed by atoms with Gasteiger partial charge in [0.1, 0.15) is 5.78 Å². The first-order chi connectivity index (χ1) is 7.16. The van der Waals surface area contributed by atoms with Gasteiger partial charge in [0.25, 0.3) is 0 Å². The Balaban J connectivity index is 2.12. The fraction of sp³-hybridized carbons (Fsp3) is 0.462. The van der Waals surface area contributed by atoms with Crippen LogP contribution in [0.15, 0.2) is 24.3 Å². The van der Waals surface area contributed by atoms with E-state index < -0.39 is 0 Å². The maximum absolute atomic E-state index is 11.4. The second-order valence-corrected chi connectivity index (χ2v) is 4.40. The minimum absolute atomic E-state index is 0.181. The Morgan fingerprint density at radius 2 is 1.93 bits per heavy atom. The summed E-state index contributed by atoms with van der Waals surface area (Å²) >= 11 is 0. The molecule has 1 aliphatic heterocycles. The van der Waals surface area contributed by atoms with Crippen LogP contribution in [-0.2, 0) is 4.79 Å². The molecule has 2 heteroatoms. The van der Waals surface area contributed by atoms with Crippen molar-refractivity contribution in [1.82, 2.24) is 0 Å². The van der Waals surface area contributed by atoms with Gasteiger partial charge in [-0.25, -0.2) is 0 Å². The number of aryl methyl sites for hydroxylation is 1. The number of anilines is 1. The van der Waals surface area contributed by atoms with Crippen LogP contribution in [0.5, 0.6) is 0 Å². The molecule has 80 valence electrons. The smallest absolute Gasteiger partial charge is 0.139 e. The van der Waals surface area contributed by atoms with Crippen LogP contribution < -0.4 is 4.90 Å². The summed E-state index contributed by atoms with van der Waals surface area (Å²) in [6.07, 6.45) is 0.690. The Bertz CT molecular complexity index is 355. The molecular formula is C13H17NO. The van der Waals surface area contributed by atoms with Crippen LogP contribution in [0.4, 0.5) is 5.69 Å². The molecule has 0 aliphatic carbocycles. The second kappa shape index (κ2) is 4.05. The molecule has 1 aromatic rings. The number of ketones is 1. The molecular weight excluding hydrogens is 186 g/mol. The van der Waals surface area contributed by atoms with Gasteiger partial charge < -0.3 is 4.90 Å². The lowest BCUT2D eigenvalue weighted by Crippen LogP contribution is -2.39. The standard InChI is InChI=1S/C13H17NO/c1-10-3-5-12(6-4-10)14-8-7-13(15)11(2)9-14/h3-6,11H,7-9H2,1-2H3. The first kappa shape index (κ1) is 10.2. The lowest BCUT2D eigenvalue weighted by molar-refractivity contribution is -0.122. The number of hydrogen-bond acceptors (Lipinski definition) is 2. The van der Waals surface area contributed by atoms with Crippen LogP contribution in [0.3, 0.4) is 0 Å². The summed E-state index contributed by atoms with van der Waals surface area (Å²) in [5.74, 6) is 0.582. The van der Waals surface area contributed by atoms with Crippen molar-refractivity contribution < 1.29 is 4.79 Å². The monoisotopic (exact) mass is 203 g/mol. The fourth-order valence-corrected chi connectivity index (χ4v) is 2.01. The topological polar surface area (TPSA) is 20.3 Å². The quantitative estimate of drug-likeness (QED) is 0.698. The van der Waals surface area contributed by atoms with E-state index in [4.69, 9.17) is 0 Å². The number of Topliss-reactive ketones (excluding diaryl/α,β-unsaturated/α-hetero) is 1. The highest BCUT2D eigenvalue weighted by molar-refractivity contribution is 5.83. The summed E-state index contributed by atoms with van der Waals surface area (Å²) in [6.45, 7) is 5.84. The highest BCUT2D eigenvalue weighted by atomic mass is 16.1. The zero-order valence-corrected chi connectivity index (χ0v) is 9.36. The summed E-state index contributed by atoms with van der Waals surface area (Å²) < 4.78 is 0. The van der Waals surface area contributed by atoms with E-state index in [1.807, 2.05) is 6.92 Å². The van der Waals surface area contributed by atoms with E-state index in [0.717, 1.165) is 13.1 Å². The van der Waals surface area contributed by atoms with Gasteiger partial charge >= 0.3 is 0 Å². The molecule has 2 rings (SSSR count). The van der Waals surface area contributed by atoms with Crippen LogP contribution in [0.1, 0.15) is 18.9 Å². The van der Waals surface area contributed by atoms with Crippen molar-refractivity contribution in [2.45, 2.75) is 20.3 Å². The number of piperidine rings is 1. The molecule has 1 fully saturated rings. The van der Waals surface area contributed by atoms with Gasteiger partial charge in [0.05, 0.1) is 0 Å². The highest BCUT2D eigenvalue weighted by Gasteiger charge is 2.23. The van der Waals surface area contributed by atoms with Gasteiger partial charge in [-0.2, -0.15) is 0 Å². The minimum atomic E-state index is 0.181. The maximum atomic E-state index is 11.4. The van der Waals surface area contributed by atoms with Gasteiger partial charge in [-0.15, -0.1) is 0 Å². The van der Waals surface area contributed by atoms with Crippen molar-refractivity contribution in [2.75, 3.05) is 18.0 Å². The van der Waals surface area contributed by atoms with E-state index in [2.05, 4.69) is 36.1 Å². The summed E-state index contributed by atoms with van der Waals surface area (Å²) in [4.78, 5) is 13.7. The second-order valence-electron chi connectivity index (χ2n) is 4.40. The molecule has 0 amide bonds. The molecule has 2 nitrogen and oxygen atoms in total. The summed E-state index contributed by atoms with van der Waals surface area (Å²) in [5.41, 5.74) is 2.51. The first-order valence-electron chi connectivity index (χ1n) is 5.51. The molecule has 1 atom stereocenters. The van der Waals surface area contributed by atoms with E-state index in [0.29, 0.717) is 12.2 Å². The van der Waals surface area contributed by atoms with Crippen LogP contribution >= 0.6 is 0 Å². The zero-order valence-electron chi connectivity index (χ0n) is 9.36. The van der Waals surface area contributed by atoms with E-state index >= 15 is 0 Å². The van der Waals surface area contributed by atoms with E-state index in [1.165, 1.54) is 11.3 Å². The average Bonchev–Trinajstić information content (AvgIpc) is 2.23. The number of rotatable bonds is 1. The molecule has 0 spiro atoms. The third-order valence-corrected chi connectivity index (χ3v) is 3.07. The molecule has 1 aliphatic rings. The lowest BCUT2D eigenvalue weighted by Gasteiger charge is -2.31. The summed E-state index contributed by atoms with van der Waals surface area (Å²) in [5, 5.41) is 0. The Labute approximate surface area is 90.9 Å². The Hall–Kier alpha value is -1.31. The van der Waals surface area contributed by atoms with Crippen LogP contribution in [0.25, 0.3) is 0 Å². The maximum Gasteiger partial charge on any atom is 0.139 e. The van der Waals surface area contributed by atoms with Crippen molar-refractivity contribution in [1.29, 1.82) is 0 Å². The molecule has 1 saturated heterocycles. The van der Waals surface area contributed by atoms with Gasteiger partial charge in [-0.05, 0) is 19.1 Å². The zero-order chi connectivity index (χ0) is 10.8. The molecule has 15 heavy (non-hydrogen) atoms. The van der Waals surface area contributed by atoms with E-state index in [1.54, 1.807) is 0 Å². The van der Waals surface area contributed by atoms with E-state index in [-0.39, 0.29) is 5.92 Å². The Kier molecular flexibility index (Phi) is 2.76. The molecule has 1 heterocycles. The third-order valence-electron chi connectivity index (χ3n) is 3.07. The third kappa shape index (κ3) is 2.20. The van der Waals surface area contributed by atoms with Crippen LogP contribution in [-0.4, -0.2) is 18.9 Å². The van der Waals surface area contributed by atoms with Crippen molar-refractivity contribution in [3.63, 3.8) is 0 Å². The highest BCUT2D eigenvalue weighted by Crippen LogP contribution is 2.21. The molecule has 0 radical (unpaired) electrons. The molecule has 0 bridgehead atoms. The van der Waals surface area contributed by atoms with Gasteiger partial charge in [0.2, 0.25) is 0 Å². The fourth-order valence-electron chi connectivity index (χ4n) is 2.01. The molecule has 1 aromatic carbocycles. The number of carbonyl (C=O) groups is 1. The number of carbonyl (C=O) groups excluding carboxylic acids is 1. The predicted octanol–water partition coefficient (Wildman–Crippen LogP) is 2.41. The average molecular weight is 203 g/mol. The van der Waals surface area contributed by atoms with Crippen molar-refractivity contribution >= 4 is 11.5 Å². The van der Waals surface area contributed by atoms with Crippen LogP contribution in [0, 0.1) is 12.8 Å². The van der Waals surface area contributed by atoms with Gasteiger partial charge in [-0.3, -0.25) is 4.79 Å². The number of benzene rings is 1. The van der Waals surface area contributed by atoms with Crippen molar-refractivity contribution in [3.8, 4) is 0 Å². The van der Waals surface area contributed by atoms with Gasteiger partial charge in [-0.1, -0.05) is 24.6 Å². The van der Waals surface area contributed by atoms with Crippen molar-refractivity contribution in [3.05, 3.63) is 29.8 Å². The lowest BCUT2D eigenvalue weighted by atomic mass is 9.98. The van der Waals surface area contributed by atoms with Gasteiger partial charge in [0, 0.05) is 31.1 Å². The summed E-state index contributed by atoms with van der Waals surface area (Å²) in [7, 11) is 0. The SMILES string of the molecule is Cc1ccc(N2CCC(=O)C(C)C2)cc1. The Morgan fingerprint density at radius 3 is 2.53 bits per heavy atom.